The number of rotatable bonds is 4. The molecule has 0 atom stereocenters. The molecular formula is C12H15NO2S. The Morgan fingerprint density at radius 2 is 2.00 bits per heavy atom. The normalized spacial score (nSPS) is 11.1. The van der Waals surface area contributed by atoms with E-state index in [1.807, 2.05) is 19.1 Å². The first-order valence-corrected chi connectivity index (χ1v) is 6.79. The van der Waals surface area contributed by atoms with Crippen LogP contribution in [0, 0.1) is 25.2 Å². The first kappa shape index (κ1) is 12.7. The van der Waals surface area contributed by atoms with E-state index in [0.29, 0.717) is 11.3 Å². The van der Waals surface area contributed by atoms with Crippen molar-refractivity contribution in [3.8, 4) is 6.07 Å². The minimum atomic E-state index is -3.23. The van der Waals surface area contributed by atoms with E-state index in [4.69, 9.17) is 5.26 Å². The molecule has 0 N–H and O–H groups in total. The average Bonchev–Trinajstić information content (AvgIpc) is 2.17. The Bertz CT molecular complexity index is 512. The van der Waals surface area contributed by atoms with Gasteiger partial charge in [-0.3, -0.25) is 0 Å². The van der Waals surface area contributed by atoms with E-state index in [1.54, 1.807) is 19.1 Å². The van der Waals surface area contributed by atoms with E-state index < -0.39 is 9.84 Å². The number of hydrogen-bond donors (Lipinski definition) is 0. The van der Waals surface area contributed by atoms with E-state index in [9.17, 15) is 8.42 Å². The van der Waals surface area contributed by atoms with Crippen LogP contribution >= 0.6 is 0 Å². The first-order chi connectivity index (χ1) is 7.47. The summed E-state index contributed by atoms with van der Waals surface area (Å²) < 4.78 is 23.9. The van der Waals surface area contributed by atoms with Crippen LogP contribution < -0.4 is 0 Å². The van der Waals surface area contributed by atoms with Crippen molar-refractivity contribution in [2.45, 2.75) is 31.6 Å². The highest BCUT2D eigenvalue weighted by Gasteiger charge is 2.16. The minimum Gasteiger partial charge on any atom is -0.224 e. The van der Waals surface area contributed by atoms with E-state index in [2.05, 4.69) is 0 Å². The van der Waals surface area contributed by atoms with Crippen LogP contribution in [0.15, 0.2) is 23.1 Å². The maximum atomic E-state index is 11.9. The van der Waals surface area contributed by atoms with Crippen LogP contribution in [-0.2, 0) is 9.84 Å². The smallest absolute Gasteiger partial charge is 0.178 e. The molecule has 0 fully saturated rings. The highest BCUT2D eigenvalue weighted by atomic mass is 32.2. The molecule has 0 saturated heterocycles. The van der Waals surface area contributed by atoms with Crippen LogP contribution in [0.2, 0.25) is 0 Å². The molecular weight excluding hydrogens is 222 g/mol. The van der Waals surface area contributed by atoms with Crippen molar-refractivity contribution < 1.29 is 8.42 Å². The van der Waals surface area contributed by atoms with Crippen molar-refractivity contribution in [3.63, 3.8) is 0 Å². The maximum Gasteiger partial charge on any atom is 0.178 e. The molecule has 0 aliphatic carbocycles. The molecule has 0 radical (unpaired) electrons. The molecule has 1 aromatic carbocycles. The van der Waals surface area contributed by atoms with Crippen molar-refractivity contribution in [3.05, 3.63) is 29.3 Å². The fourth-order valence-electron chi connectivity index (χ4n) is 1.60. The maximum absolute atomic E-state index is 11.9. The summed E-state index contributed by atoms with van der Waals surface area (Å²) in [6.45, 7) is 3.73. The van der Waals surface area contributed by atoms with Gasteiger partial charge in [0.05, 0.1) is 16.7 Å². The molecule has 0 aliphatic heterocycles. The molecule has 0 unspecified atom stereocenters. The lowest BCUT2D eigenvalue weighted by molar-refractivity contribution is 0.593. The summed E-state index contributed by atoms with van der Waals surface area (Å²) in [4.78, 5) is 0.385. The molecule has 4 heteroatoms. The predicted octanol–water partition coefficient (Wildman–Crippen LogP) is 2.38. The van der Waals surface area contributed by atoms with Crippen LogP contribution in [-0.4, -0.2) is 14.2 Å². The Labute approximate surface area is 96.6 Å². The lowest BCUT2D eigenvalue weighted by atomic mass is 10.2. The third-order valence-corrected chi connectivity index (χ3v) is 4.32. The van der Waals surface area contributed by atoms with E-state index in [1.165, 1.54) is 0 Å². The second-order valence-electron chi connectivity index (χ2n) is 3.85. The largest absolute Gasteiger partial charge is 0.224 e. The summed E-state index contributed by atoms with van der Waals surface area (Å²) >= 11 is 0. The zero-order chi connectivity index (χ0) is 12.2. The number of benzene rings is 1. The van der Waals surface area contributed by atoms with Gasteiger partial charge in [0.2, 0.25) is 0 Å². The summed E-state index contributed by atoms with van der Waals surface area (Å²) in [7, 11) is -3.23. The second kappa shape index (κ2) is 5.13. The molecule has 0 aromatic heterocycles. The second-order valence-corrected chi connectivity index (χ2v) is 5.93. The van der Waals surface area contributed by atoms with Gasteiger partial charge in [0, 0.05) is 6.42 Å². The van der Waals surface area contributed by atoms with Gasteiger partial charge in [-0.25, -0.2) is 8.42 Å². The number of nitrogens with zero attached hydrogens (tertiary/aromatic N) is 1. The van der Waals surface area contributed by atoms with Crippen LogP contribution in [0.5, 0.6) is 0 Å². The Morgan fingerprint density at radius 1 is 1.31 bits per heavy atom. The Kier molecular flexibility index (Phi) is 4.08. The van der Waals surface area contributed by atoms with Crippen molar-refractivity contribution in [1.29, 1.82) is 5.26 Å². The van der Waals surface area contributed by atoms with Crippen LogP contribution in [0.25, 0.3) is 0 Å². The fraction of sp³-hybridized carbons (Fsp3) is 0.417. The molecule has 0 amide bonds. The number of unbranched alkanes of at least 4 members (excludes halogenated alkanes) is 1. The number of sulfone groups is 1. The third-order valence-electron chi connectivity index (χ3n) is 2.37. The number of aryl methyl sites for hydroxylation is 2. The molecule has 0 saturated carbocycles. The lowest BCUT2D eigenvalue weighted by Crippen LogP contribution is -2.08. The molecule has 0 bridgehead atoms. The number of nitriles is 1. The van der Waals surface area contributed by atoms with E-state index in [-0.39, 0.29) is 12.2 Å². The van der Waals surface area contributed by atoms with Gasteiger partial charge >= 0.3 is 0 Å². The molecule has 86 valence electrons. The van der Waals surface area contributed by atoms with Gasteiger partial charge in [-0.1, -0.05) is 17.7 Å². The van der Waals surface area contributed by atoms with Crippen molar-refractivity contribution in [1.82, 2.24) is 0 Å². The fourth-order valence-corrected chi connectivity index (χ4v) is 3.17. The predicted molar refractivity (Wildman–Crippen MR) is 62.8 cm³/mol. The Morgan fingerprint density at radius 3 is 2.56 bits per heavy atom. The lowest BCUT2D eigenvalue weighted by Gasteiger charge is -2.07. The van der Waals surface area contributed by atoms with Gasteiger partial charge in [0.15, 0.2) is 9.84 Å². The minimum absolute atomic E-state index is 0.0461. The average molecular weight is 237 g/mol. The van der Waals surface area contributed by atoms with Crippen LogP contribution in [0.1, 0.15) is 24.0 Å². The Hall–Kier alpha value is -1.34. The number of hydrogen-bond acceptors (Lipinski definition) is 3. The molecule has 0 spiro atoms. The summed E-state index contributed by atoms with van der Waals surface area (Å²) in [5, 5.41) is 8.38. The molecule has 0 aliphatic rings. The zero-order valence-electron chi connectivity index (χ0n) is 9.53. The molecule has 16 heavy (non-hydrogen) atoms. The SMILES string of the molecule is Cc1ccc(S(=O)(=O)CCCC#N)c(C)c1. The quantitative estimate of drug-likeness (QED) is 0.755. The van der Waals surface area contributed by atoms with Crippen molar-refractivity contribution in [2.75, 3.05) is 5.75 Å². The van der Waals surface area contributed by atoms with Gasteiger partial charge in [0.25, 0.3) is 0 Å². The first-order valence-electron chi connectivity index (χ1n) is 5.14. The summed E-state index contributed by atoms with van der Waals surface area (Å²) in [6.07, 6.45) is 0.677. The topological polar surface area (TPSA) is 57.9 Å². The zero-order valence-corrected chi connectivity index (χ0v) is 10.3. The van der Waals surface area contributed by atoms with E-state index >= 15 is 0 Å². The van der Waals surface area contributed by atoms with Gasteiger partial charge in [-0.2, -0.15) is 5.26 Å². The highest BCUT2D eigenvalue weighted by Crippen LogP contribution is 2.18. The molecule has 0 heterocycles. The van der Waals surface area contributed by atoms with Gasteiger partial charge < -0.3 is 0 Å². The van der Waals surface area contributed by atoms with E-state index in [0.717, 1.165) is 11.1 Å². The van der Waals surface area contributed by atoms with Crippen LogP contribution in [0.3, 0.4) is 0 Å². The molecule has 1 rings (SSSR count). The van der Waals surface area contributed by atoms with Crippen molar-refractivity contribution >= 4 is 9.84 Å². The molecule has 3 nitrogen and oxygen atoms in total. The van der Waals surface area contributed by atoms with Crippen LogP contribution in [0.4, 0.5) is 0 Å². The summed E-state index contributed by atoms with van der Waals surface area (Å²) in [5.74, 6) is 0.0461. The Balaban J connectivity index is 2.95. The summed E-state index contributed by atoms with van der Waals surface area (Å²) in [5.41, 5.74) is 1.82. The van der Waals surface area contributed by atoms with Gasteiger partial charge in [-0.05, 0) is 31.9 Å². The highest BCUT2D eigenvalue weighted by molar-refractivity contribution is 7.91. The molecule has 1 aromatic rings. The van der Waals surface area contributed by atoms with Gasteiger partial charge in [0.1, 0.15) is 0 Å². The third kappa shape index (κ3) is 3.07. The summed E-state index contributed by atoms with van der Waals surface area (Å²) in [6, 6.07) is 7.25. The monoisotopic (exact) mass is 237 g/mol. The van der Waals surface area contributed by atoms with Gasteiger partial charge in [-0.15, -0.1) is 0 Å². The van der Waals surface area contributed by atoms with Crippen molar-refractivity contribution in [2.24, 2.45) is 0 Å². The standard InChI is InChI=1S/C12H15NO2S/c1-10-5-6-12(11(2)9-10)16(14,15)8-4-3-7-13/h5-6,9H,3-4,8H2,1-2H3.